The molecule has 2 aromatic rings. The lowest BCUT2D eigenvalue weighted by Crippen LogP contribution is -2.49. The van der Waals surface area contributed by atoms with Gasteiger partial charge in [-0.25, -0.2) is 0 Å². The van der Waals surface area contributed by atoms with Gasteiger partial charge in [-0.05, 0) is 42.9 Å². The molecule has 0 bridgehead atoms. The zero-order valence-electron chi connectivity index (χ0n) is 20.4. The van der Waals surface area contributed by atoms with Gasteiger partial charge in [0.1, 0.15) is 11.8 Å². The van der Waals surface area contributed by atoms with E-state index < -0.39 is 6.04 Å². The highest BCUT2D eigenvalue weighted by molar-refractivity contribution is 5.88. The van der Waals surface area contributed by atoms with E-state index in [4.69, 9.17) is 4.74 Å². The Bertz CT molecular complexity index is 885. The van der Waals surface area contributed by atoms with Crippen molar-refractivity contribution in [2.24, 2.45) is 0 Å². The fraction of sp³-hybridized carbons (Fsp3) is 0.481. The van der Waals surface area contributed by atoms with E-state index in [0.717, 1.165) is 29.5 Å². The van der Waals surface area contributed by atoms with E-state index >= 15 is 0 Å². The first-order valence-electron chi connectivity index (χ1n) is 11.5. The number of carbonyl (C=O) groups excluding carboxylic acids is 2. The second kappa shape index (κ2) is 11.7. The average molecular weight is 439 g/mol. The highest BCUT2D eigenvalue weighted by atomic mass is 16.5. The first kappa shape index (κ1) is 25.4. The highest BCUT2D eigenvalue weighted by Gasteiger charge is 2.27. The minimum Gasteiger partial charge on any atom is -0.483 e. The quantitative estimate of drug-likeness (QED) is 0.531. The van der Waals surface area contributed by atoms with Crippen molar-refractivity contribution in [3.8, 4) is 5.75 Å². The van der Waals surface area contributed by atoms with E-state index in [2.05, 4.69) is 33.0 Å². The van der Waals surface area contributed by atoms with Crippen molar-refractivity contribution < 1.29 is 14.3 Å². The minimum atomic E-state index is -0.595. The number of unbranched alkanes of at least 4 members (excludes halogenated alkanes) is 1. The smallest absolute Gasteiger partial charge is 0.261 e. The van der Waals surface area contributed by atoms with Crippen molar-refractivity contribution in [1.29, 1.82) is 0 Å². The van der Waals surface area contributed by atoms with Crippen molar-refractivity contribution in [1.82, 2.24) is 10.2 Å². The molecule has 0 heterocycles. The fourth-order valence-corrected chi connectivity index (χ4v) is 3.44. The summed E-state index contributed by atoms with van der Waals surface area (Å²) in [6.07, 6.45) is 1.92. The Morgan fingerprint density at radius 3 is 2.34 bits per heavy atom. The van der Waals surface area contributed by atoms with Crippen molar-refractivity contribution in [2.45, 2.75) is 72.4 Å². The van der Waals surface area contributed by atoms with Crippen LogP contribution in [0.2, 0.25) is 0 Å². The maximum atomic E-state index is 13.2. The van der Waals surface area contributed by atoms with E-state index in [-0.39, 0.29) is 23.8 Å². The third-order valence-electron chi connectivity index (χ3n) is 5.52. The van der Waals surface area contributed by atoms with Crippen LogP contribution in [0.15, 0.2) is 48.5 Å². The number of para-hydroxylation sites is 1. The van der Waals surface area contributed by atoms with Crippen LogP contribution in [-0.2, 0) is 21.5 Å². The first-order valence-corrected chi connectivity index (χ1v) is 11.5. The number of rotatable bonds is 10. The molecule has 5 nitrogen and oxygen atoms in total. The molecule has 174 valence electrons. The number of amides is 2. The number of carbonyl (C=O) groups is 2. The molecule has 0 fully saturated rings. The largest absolute Gasteiger partial charge is 0.483 e. The van der Waals surface area contributed by atoms with Gasteiger partial charge in [0, 0.05) is 13.1 Å². The lowest BCUT2D eigenvalue weighted by Gasteiger charge is -2.29. The van der Waals surface area contributed by atoms with Crippen molar-refractivity contribution in [3.63, 3.8) is 0 Å². The summed E-state index contributed by atoms with van der Waals surface area (Å²) in [6.45, 7) is 13.1. The van der Waals surface area contributed by atoms with Gasteiger partial charge < -0.3 is 15.0 Å². The lowest BCUT2D eigenvalue weighted by molar-refractivity contribution is -0.142. The normalized spacial score (nSPS) is 12.2. The Balaban J connectivity index is 2.18. The number of nitrogens with zero attached hydrogens (tertiary/aromatic N) is 1. The maximum absolute atomic E-state index is 13.2. The Kier molecular flexibility index (Phi) is 9.30. The number of benzene rings is 2. The van der Waals surface area contributed by atoms with Gasteiger partial charge in [0.2, 0.25) is 5.91 Å². The predicted octanol–water partition coefficient (Wildman–Crippen LogP) is 5.00. The average Bonchev–Trinajstić information content (AvgIpc) is 2.76. The second-order valence-electron chi connectivity index (χ2n) is 9.36. The Morgan fingerprint density at radius 1 is 1.06 bits per heavy atom. The number of hydrogen-bond acceptors (Lipinski definition) is 3. The Morgan fingerprint density at radius 2 is 1.72 bits per heavy atom. The number of aryl methyl sites for hydroxylation is 1. The van der Waals surface area contributed by atoms with Crippen LogP contribution >= 0.6 is 0 Å². The summed E-state index contributed by atoms with van der Waals surface area (Å²) in [7, 11) is 0. The van der Waals surface area contributed by atoms with Gasteiger partial charge in [0.05, 0.1) is 0 Å². The fourth-order valence-electron chi connectivity index (χ4n) is 3.44. The lowest BCUT2D eigenvalue weighted by atomic mass is 9.86. The minimum absolute atomic E-state index is 0.103. The van der Waals surface area contributed by atoms with Crippen molar-refractivity contribution in [3.05, 3.63) is 65.2 Å². The summed E-state index contributed by atoms with van der Waals surface area (Å²) >= 11 is 0. The Hall–Kier alpha value is -2.82. The van der Waals surface area contributed by atoms with E-state index in [1.807, 2.05) is 55.5 Å². The molecular weight excluding hydrogens is 400 g/mol. The standard InChI is InChI=1S/C27H38N2O3/c1-7-8-17-28-26(31)21(3)29(18-22-15-13-20(2)14-16-22)25(30)19-32-24-12-10-9-11-23(24)27(4,5)6/h9-16,21H,7-8,17-19H2,1-6H3,(H,28,31)/t21-/m1/s1. The molecule has 1 N–H and O–H groups in total. The molecular formula is C27H38N2O3. The molecule has 1 atom stereocenters. The van der Waals surface area contributed by atoms with E-state index in [1.165, 1.54) is 0 Å². The zero-order valence-corrected chi connectivity index (χ0v) is 20.4. The SMILES string of the molecule is CCCCNC(=O)[C@@H](C)N(Cc1ccc(C)cc1)C(=O)COc1ccccc1C(C)(C)C. The van der Waals surface area contributed by atoms with Crippen LogP contribution in [0, 0.1) is 6.92 Å². The molecule has 2 rings (SSSR count). The van der Waals surface area contributed by atoms with Gasteiger partial charge in [-0.2, -0.15) is 0 Å². The molecule has 0 aliphatic carbocycles. The molecule has 5 heteroatoms. The molecule has 0 aliphatic rings. The summed E-state index contributed by atoms with van der Waals surface area (Å²) in [5, 5.41) is 2.94. The van der Waals surface area contributed by atoms with Crippen LogP contribution in [0.3, 0.4) is 0 Å². The third kappa shape index (κ3) is 7.40. The molecule has 0 saturated carbocycles. The third-order valence-corrected chi connectivity index (χ3v) is 5.52. The van der Waals surface area contributed by atoms with Crippen LogP contribution in [0.4, 0.5) is 0 Å². The first-order chi connectivity index (χ1) is 15.1. The van der Waals surface area contributed by atoms with Gasteiger partial charge in [-0.1, -0.05) is 82.1 Å². The summed E-state index contributed by atoms with van der Waals surface area (Å²) in [5.74, 6) is 0.338. The number of ether oxygens (including phenoxy) is 1. The topological polar surface area (TPSA) is 58.6 Å². The van der Waals surface area contributed by atoms with Crippen molar-refractivity contribution in [2.75, 3.05) is 13.2 Å². The number of hydrogen-bond donors (Lipinski definition) is 1. The molecule has 0 aliphatic heterocycles. The zero-order chi connectivity index (χ0) is 23.7. The molecule has 0 saturated heterocycles. The van der Waals surface area contributed by atoms with Crippen LogP contribution in [0.5, 0.6) is 5.75 Å². The summed E-state index contributed by atoms with van der Waals surface area (Å²) in [4.78, 5) is 27.6. The molecule has 2 amide bonds. The molecule has 2 aromatic carbocycles. The van der Waals surface area contributed by atoms with Gasteiger partial charge >= 0.3 is 0 Å². The molecule has 0 unspecified atom stereocenters. The van der Waals surface area contributed by atoms with Gasteiger partial charge in [-0.3, -0.25) is 9.59 Å². The Labute approximate surface area is 193 Å². The molecule has 0 radical (unpaired) electrons. The summed E-state index contributed by atoms with van der Waals surface area (Å²) in [6, 6.07) is 15.2. The highest BCUT2D eigenvalue weighted by Crippen LogP contribution is 2.31. The van der Waals surface area contributed by atoms with E-state index in [0.29, 0.717) is 18.8 Å². The van der Waals surface area contributed by atoms with E-state index in [9.17, 15) is 9.59 Å². The van der Waals surface area contributed by atoms with Gasteiger partial charge in [-0.15, -0.1) is 0 Å². The van der Waals surface area contributed by atoms with Gasteiger partial charge in [0.25, 0.3) is 5.91 Å². The van der Waals surface area contributed by atoms with Crippen LogP contribution in [0.1, 0.15) is 64.2 Å². The molecule has 0 spiro atoms. The van der Waals surface area contributed by atoms with Gasteiger partial charge in [0.15, 0.2) is 6.61 Å². The number of nitrogens with one attached hydrogen (secondary N) is 1. The monoisotopic (exact) mass is 438 g/mol. The molecule has 0 aromatic heterocycles. The van der Waals surface area contributed by atoms with E-state index in [1.54, 1.807) is 11.8 Å². The predicted molar refractivity (Wildman–Crippen MR) is 130 cm³/mol. The second-order valence-corrected chi connectivity index (χ2v) is 9.36. The molecule has 32 heavy (non-hydrogen) atoms. The van der Waals surface area contributed by atoms with Crippen molar-refractivity contribution >= 4 is 11.8 Å². The van der Waals surface area contributed by atoms with Crippen LogP contribution in [0.25, 0.3) is 0 Å². The summed E-state index contributed by atoms with van der Waals surface area (Å²) < 4.78 is 5.97. The maximum Gasteiger partial charge on any atom is 0.261 e. The summed E-state index contributed by atoms with van der Waals surface area (Å²) in [5.41, 5.74) is 3.07. The van der Waals surface area contributed by atoms with Crippen LogP contribution < -0.4 is 10.1 Å². The van der Waals surface area contributed by atoms with Crippen LogP contribution in [-0.4, -0.2) is 35.9 Å².